The van der Waals surface area contributed by atoms with Gasteiger partial charge in [0.2, 0.25) is 5.91 Å². The molecule has 1 amide bonds. The molecule has 0 aromatic heterocycles. The van der Waals surface area contributed by atoms with Gasteiger partial charge < -0.3 is 15.4 Å². The zero-order valence-electron chi connectivity index (χ0n) is 15.7. The minimum atomic E-state index is -0.268. The summed E-state index contributed by atoms with van der Waals surface area (Å²) < 4.78 is 5.19. The van der Waals surface area contributed by atoms with E-state index in [4.69, 9.17) is 10.5 Å². The molecular weight excluding hydrogens is 348 g/mol. The predicted octanol–water partition coefficient (Wildman–Crippen LogP) is 3.99. The van der Waals surface area contributed by atoms with E-state index in [0.717, 1.165) is 17.7 Å². The van der Waals surface area contributed by atoms with E-state index in [9.17, 15) is 4.79 Å². The highest BCUT2D eigenvalue weighted by Crippen LogP contribution is 2.18. The van der Waals surface area contributed by atoms with E-state index in [2.05, 4.69) is 6.92 Å². The van der Waals surface area contributed by atoms with Crippen molar-refractivity contribution in [2.45, 2.75) is 38.8 Å². The second-order valence-corrected chi connectivity index (χ2v) is 6.30. The van der Waals surface area contributed by atoms with Crippen LogP contribution in [0.2, 0.25) is 0 Å². The number of rotatable bonds is 8. The standard InChI is InChI=1S/C21H28N2O2.ClH/c1-4-23(16(2)14-17-10-12-19(25-3)13-11-17)21(24)15-20(22)18-8-6-5-7-9-18;/h5-13,16,20H,4,14-15,22H2,1-3H3;1H. The third-order valence-corrected chi connectivity index (χ3v) is 4.51. The smallest absolute Gasteiger partial charge is 0.224 e. The summed E-state index contributed by atoms with van der Waals surface area (Å²) >= 11 is 0. The Morgan fingerprint density at radius 2 is 1.73 bits per heavy atom. The van der Waals surface area contributed by atoms with Gasteiger partial charge in [0.1, 0.15) is 5.75 Å². The van der Waals surface area contributed by atoms with Crippen molar-refractivity contribution in [1.29, 1.82) is 0 Å². The largest absolute Gasteiger partial charge is 0.497 e. The van der Waals surface area contributed by atoms with Crippen molar-refractivity contribution in [2.24, 2.45) is 5.73 Å². The molecule has 2 N–H and O–H groups in total. The Labute approximate surface area is 162 Å². The van der Waals surface area contributed by atoms with Gasteiger partial charge in [0.15, 0.2) is 0 Å². The molecule has 0 heterocycles. The molecule has 2 atom stereocenters. The quantitative estimate of drug-likeness (QED) is 0.757. The first-order chi connectivity index (χ1) is 12.0. The second kappa shape index (κ2) is 10.8. The third-order valence-electron chi connectivity index (χ3n) is 4.51. The predicted molar refractivity (Wildman–Crippen MR) is 109 cm³/mol. The molecule has 2 aromatic carbocycles. The number of hydrogen-bond donors (Lipinski definition) is 1. The normalized spacial score (nSPS) is 12.6. The van der Waals surface area contributed by atoms with Gasteiger partial charge in [-0.05, 0) is 43.5 Å². The first-order valence-electron chi connectivity index (χ1n) is 8.78. The Morgan fingerprint density at radius 3 is 2.27 bits per heavy atom. The van der Waals surface area contributed by atoms with E-state index in [1.54, 1.807) is 7.11 Å². The van der Waals surface area contributed by atoms with Gasteiger partial charge in [-0.3, -0.25) is 4.79 Å². The molecule has 26 heavy (non-hydrogen) atoms. The summed E-state index contributed by atoms with van der Waals surface area (Å²) in [5, 5.41) is 0. The van der Waals surface area contributed by atoms with E-state index in [0.29, 0.717) is 13.0 Å². The lowest BCUT2D eigenvalue weighted by Gasteiger charge is -2.29. The lowest BCUT2D eigenvalue weighted by molar-refractivity contribution is -0.133. The lowest BCUT2D eigenvalue weighted by Crippen LogP contribution is -2.40. The number of hydrogen-bond acceptors (Lipinski definition) is 3. The monoisotopic (exact) mass is 376 g/mol. The molecule has 0 saturated carbocycles. The molecule has 0 aliphatic rings. The number of ether oxygens (including phenoxy) is 1. The fourth-order valence-corrected chi connectivity index (χ4v) is 3.07. The average Bonchev–Trinajstić information content (AvgIpc) is 2.63. The summed E-state index contributed by atoms with van der Waals surface area (Å²) in [5.41, 5.74) is 8.39. The van der Waals surface area contributed by atoms with Crippen LogP contribution in [0, 0.1) is 0 Å². The molecule has 0 saturated heterocycles. The summed E-state index contributed by atoms with van der Waals surface area (Å²) in [5.74, 6) is 0.938. The third kappa shape index (κ3) is 6.04. The van der Waals surface area contributed by atoms with Gasteiger partial charge in [0.05, 0.1) is 7.11 Å². The fraction of sp³-hybridized carbons (Fsp3) is 0.381. The van der Waals surface area contributed by atoms with Crippen molar-refractivity contribution in [1.82, 2.24) is 4.90 Å². The summed E-state index contributed by atoms with van der Waals surface area (Å²) in [4.78, 5) is 14.6. The van der Waals surface area contributed by atoms with Crippen LogP contribution in [0.25, 0.3) is 0 Å². The number of carbonyl (C=O) groups excluding carboxylic acids is 1. The van der Waals surface area contributed by atoms with Crippen molar-refractivity contribution in [3.8, 4) is 5.75 Å². The van der Waals surface area contributed by atoms with Gasteiger partial charge in [-0.25, -0.2) is 0 Å². The minimum absolute atomic E-state index is 0. The Kier molecular flexibility index (Phi) is 9.17. The van der Waals surface area contributed by atoms with Gasteiger partial charge in [0, 0.05) is 25.0 Å². The SMILES string of the molecule is CCN(C(=O)CC(N)c1ccccc1)C(C)Cc1ccc(OC)cc1.Cl. The molecular formula is C21H29ClN2O2. The molecule has 0 radical (unpaired) electrons. The van der Waals surface area contributed by atoms with E-state index in [1.165, 1.54) is 5.56 Å². The number of carbonyl (C=O) groups is 1. The van der Waals surface area contributed by atoms with Crippen LogP contribution in [0.1, 0.15) is 37.4 Å². The second-order valence-electron chi connectivity index (χ2n) is 6.30. The zero-order valence-corrected chi connectivity index (χ0v) is 16.5. The van der Waals surface area contributed by atoms with Crippen molar-refractivity contribution in [3.63, 3.8) is 0 Å². The molecule has 0 fully saturated rings. The summed E-state index contributed by atoms with van der Waals surface area (Å²) in [6.07, 6.45) is 1.13. The topological polar surface area (TPSA) is 55.6 Å². The molecule has 5 heteroatoms. The molecule has 0 bridgehead atoms. The van der Waals surface area contributed by atoms with Crippen molar-refractivity contribution in [3.05, 3.63) is 65.7 Å². The van der Waals surface area contributed by atoms with Crippen molar-refractivity contribution in [2.75, 3.05) is 13.7 Å². The summed E-state index contributed by atoms with van der Waals surface area (Å²) in [6, 6.07) is 17.6. The summed E-state index contributed by atoms with van der Waals surface area (Å²) in [6.45, 7) is 4.77. The first kappa shape index (κ1) is 22.0. The molecule has 0 spiro atoms. The molecule has 2 aromatic rings. The van der Waals surface area contributed by atoms with Gasteiger partial charge in [-0.1, -0.05) is 42.5 Å². The summed E-state index contributed by atoms with van der Waals surface area (Å²) in [7, 11) is 1.66. The Bertz CT molecular complexity index is 661. The van der Waals surface area contributed by atoms with Crippen LogP contribution in [-0.4, -0.2) is 30.5 Å². The number of nitrogens with zero attached hydrogens (tertiary/aromatic N) is 1. The van der Waals surface area contributed by atoms with Crippen LogP contribution in [0.15, 0.2) is 54.6 Å². The number of benzene rings is 2. The van der Waals surface area contributed by atoms with E-state index >= 15 is 0 Å². The van der Waals surface area contributed by atoms with Gasteiger partial charge >= 0.3 is 0 Å². The van der Waals surface area contributed by atoms with Crippen LogP contribution in [0.5, 0.6) is 5.75 Å². The van der Waals surface area contributed by atoms with Crippen molar-refractivity contribution < 1.29 is 9.53 Å². The maximum atomic E-state index is 12.7. The molecule has 0 aliphatic carbocycles. The van der Waals surface area contributed by atoms with Gasteiger partial charge in [-0.15, -0.1) is 12.4 Å². The molecule has 142 valence electrons. The maximum Gasteiger partial charge on any atom is 0.224 e. The van der Waals surface area contributed by atoms with Gasteiger partial charge in [-0.2, -0.15) is 0 Å². The Balaban J connectivity index is 0.00000338. The molecule has 2 unspecified atom stereocenters. The van der Waals surface area contributed by atoms with Crippen LogP contribution in [-0.2, 0) is 11.2 Å². The van der Waals surface area contributed by atoms with E-state index in [1.807, 2.05) is 66.4 Å². The van der Waals surface area contributed by atoms with Crippen LogP contribution >= 0.6 is 12.4 Å². The van der Waals surface area contributed by atoms with Gasteiger partial charge in [0.25, 0.3) is 0 Å². The van der Waals surface area contributed by atoms with Crippen LogP contribution in [0.3, 0.4) is 0 Å². The first-order valence-corrected chi connectivity index (χ1v) is 8.78. The zero-order chi connectivity index (χ0) is 18.2. The maximum absolute atomic E-state index is 12.7. The highest BCUT2D eigenvalue weighted by Gasteiger charge is 2.21. The highest BCUT2D eigenvalue weighted by atomic mass is 35.5. The average molecular weight is 377 g/mol. The van der Waals surface area contributed by atoms with Crippen LogP contribution in [0.4, 0.5) is 0 Å². The molecule has 0 aliphatic heterocycles. The van der Waals surface area contributed by atoms with Crippen LogP contribution < -0.4 is 10.5 Å². The number of halogens is 1. The van der Waals surface area contributed by atoms with E-state index < -0.39 is 0 Å². The van der Waals surface area contributed by atoms with Crippen molar-refractivity contribution >= 4 is 18.3 Å². The minimum Gasteiger partial charge on any atom is -0.497 e. The lowest BCUT2D eigenvalue weighted by atomic mass is 10.0. The number of methoxy groups -OCH3 is 1. The number of nitrogens with two attached hydrogens (primary N) is 1. The number of amides is 1. The Morgan fingerprint density at radius 1 is 1.12 bits per heavy atom. The van der Waals surface area contributed by atoms with E-state index in [-0.39, 0.29) is 30.4 Å². The fourth-order valence-electron chi connectivity index (χ4n) is 3.07. The molecule has 2 rings (SSSR count). The Hall–Kier alpha value is -2.04. The molecule has 4 nitrogen and oxygen atoms in total. The highest BCUT2D eigenvalue weighted by molar-refractivity contribution is 5.85. The number of likely N-dealkylation sites (N-methyl/N-ethyl adjacent to an activating group) is 1.